The molecule has 176 valence electrons. The second-order valence-electron chi connectivity index (χ2n) is 8.10. The van der Waals surface area contributed by atoms with Crippen LogP contribution >= 0.6 is 0 Å². The summed E-state index contributed by atoms with van der Waals surface area (Å²) in [7, 11) is 0.259. The lowest BCUT2D eigenvalue weighted by Gasteiger charge is -2.18. The molecule has 0 aliphatic carbocycles. The van der Waals surface area contributed by atoms with Crippen molar-refractivity contribution in [3.05, 3.63) is 0 Å². The van der Waals surface area contributed by atoms with Crippen LogP contribution in [0, 0.1) is 0 Å². The van der Waals surface area contributed by atoms with Gasteiger partial charge in [0.25, 0.3) is 0 Å². The van der Waals surface area contributed by atoms with E-state index in [0.717, 1.165) is 65.0 Å². The summed E-state index contributed by atoms with van der Waals surface area (Å²) in [5.41, 5.74) is 0. The highest BCUT2D eigenvalue weighted by atomic mass is 28.2. The third-order valence-electron chi connectivity index (χ3n) is 4.91. The zero-order chi connectivity index (χ0) is 21.4. The first kappa shape index (κ1) is 29.3. The van der Waals surface area contributed by atoms with Crippen LogP contribution in [-0.4, -0.2) is 58.0 Å². The molecular weight excluding hydrogens is 396 g/mol. The van der Waals surface area contributed by atoms with Gasteiger partial charge in [0.05, 0.1) is 0 Å². The third-order valence-corrected chi connectivity index (χ3v) is 8.91. The Morgan fingerprint density at radius 2 is 0.793 bits per heavy atom. The second-order valence-corrected chi connectivity index (χ2v) is 12.3. The number of hydrogen-bond donors (Lipinski definition) is 0. The predicted octanol–water partition coefficient (Wildman–Crippen LogP) is 5.31. The average molecular weight is 449 g/mol. The zero-order valence-electron chi connectivity index (χ0n) is 20.2. The van der Waals surface area contributed by atoms with Gasteiger partial charge in [0.2, 0.25) is 0 Å². The van der Waals surface area contributed by atoms with Crippen LogP contribution in [0.25, 0.3) is 0 Å². The first-order valence-corrected chi connectivity index (χ1v) is 16.7. The Labute approximate surface area is 186 Å². The van der Waals surface area contributed by atoms with Gasteiger partial charge in [0.15, 0.2) is 12.6 Å². The van der Waals surface area contributed by atoms with Crippen LogP contribution in [0.2, 0.25) is 24.2 Å². The molecule has 0 aromatic rings. The summed E-state index contributed by atoms with van der Waals surface area (Å²) in [6.45, 7) is 11.9. The Bertz CT molecular complexity index is 265. The van der Waals surface area contributed by atoms with E-state index in [2.05, 4.69) is 27.7 Å². The summed E-state index contributed by atoms with van der Waals surface area (Å²) in [5.74, 6) is 0. The number of rotatable bonds is 24. The first-order chi connectivity index (χ1) is 14.3. The smallest absolute Gasteiger partial charge is 0.157 e. The van der Waals surface area contributed by atoms with Crippen LogP contribution in [0.1, 0.15) is 85.5 Å². The molecule has 29 heavy (non-hydrogen) atoms. The van der Waals surface area contributed by atoms with E-state index in [9.17, 15) is 0 Å². The summed E-state index contributed by atoms with van der Waals surface area (Å²) >= 11 is 0. The van der Waals surface area contributed by atoms with Crippen molar-refractivity contribution < 1.29 is 18.9 Å². The molecule has 0 aliphatic rings. The molecule has 4 nitrogen and oxygen atoms in total. The molecule has 0 aromatic heterocycles. The Morgan fingerprint density at radius 3 is 1.10 bits per heavy atom. The fourth-order valence-corrected chi connectivity index (χ4v) is 7.40. The van der Waals surface area contributed by atoms with Crippen LogP contribution in [-0.2, 0) is 18.9 Å². The normalized spacial score (nSPS) is 12.6. The summed E-state index contributed by atoms with van der Waals surface area (Å²) in [4.78, 5) is 0. The van der Waals surface area contributed by atoms with Crippen molar-refractivity contribution in [1.82, 2.24) is 0 Å². The average Bonchev–Trinajstić information content (AvgIpc) is 2.74. The van der Waals surface area contributed by atoms with Crippen molar-refractivity contribution in [2.24, 2.45) is 0 Å². The Balaban J connectivity index is 3.52. The lowest BCUT2D eigenvalue weighted by atomic mass is 10.3. The van der Waals surface area contributed by atoms with Gasteiger partial charge in [-0.15, -0.1) is 0 Å². The molecule has 0 saturated carbocycles. The molecule has 0 saturated heterocycles. The fourth-order valence-electron chi connectivity index (χ4n) is 3.29. The maximum atomic E-state index is 5.82. The topological polar surface area (TPSA) is 36.9 Å². The van der Waals surface area contributed by atoms with Crippen LogP contribution in [0.15, 0.2) is 0 Å². The van der Waals surface area contributed by atoms with Crippen LogP contribution in [0.5, 0.6) is 0 Å². The van der Waals surface area contributed by atoms with Crippen molar-refractivity contribution in [2.75, 3.05) is 26.4 Å². The SMILES string of the molecule is CCCOC(CCC[SiH2]CCC[SiH2]CCCC(OCCC)OCCC)OCCC. The van der Waals surface area contributed by atoms with E-state index in [0.29, 0.717) is 0 Å². The highest BCUT2D eigenvalue weighted by Gasteiger charge is 2.09. The van der Waals surface area contributed by atoms with Gasteiger partial charge in [-0.2, -0.15) is 0 Å². The molecule has 0 spiro atoms. The molecule has 0 fully saturated rings. The highest BCUT2D eigenvalue weighted by Crippen LogP contribution is 2.11. The lowest BCUT2D eigenvalue weighted by Crippen LogP contribution is -2.18. The minimum atomic E-state index is 0.0442. The molecule has 0 N–H and O–H groups in total. The summed E-state index contributed by atoms with van der Waals surface area (Å²) in [6, 6.07) is 5.97. The largest absolute Gasteiger partial charge is 0.353 e. The van der Waals surface area contributed by atoms with E-state index in [1.165, 1.54) is 43.4 Å². The van der Waals surface area contributed by atoms with Gasteiger partial charge >= 0.3 is 0 Å². The van der Waals surface area contributed by atoms with Crippen molar-refractivity contribution in [3.8, 4) is 0 Å². The minimum Gasteiger partial charge on any atom is -0.353 e. The molecule has 0 unspecified atom stereocenters. The van der Waals surface area contributed by atoms with Gasteiger partial charge in [-0.3, -0.25) is 0 Å². The van der Waals surface area contributed by atoms with Crippen molar-refractivity contribution in [2.45, 2.75) is 122 Å². The molecule has 0 aliphatic heterocycles. The van der Waals surface area contributed by atoms with E-state index in [1.54, 1.807) is 0 Å². The number of ether oxygens (including phenoxy) is 4. The molecule has 0 rings (SSSR count). The zero-order valence-corrected chi connectivity index (χ0v) is 23.1. The molecular formula is C23H52O4Si2. The van der Waals surface area contributed by atoms with Crippen molar-refractivity contribution >= 4 is 19.0 Å². The van der Waals surface area contributed by atoms with Gasteiger partial charge in [-0.1, -0.05) is 71.1 Å². The molecule has 0 heterocycles. The van der Waals surface area contributed by atoms with Gasteiger partial charge in [0, 0.05) is 45.5 Å². The minimum absolute atomic E-state index is 0.0442. The Kier molecular flexibility index (Phi) is 24.8. The predicted molar refractivity (Wildman–Crippen MR) is 132 cm³/mol. The van der Waals surface area contributed by atoms with Gasteiger partial charge in [-0.25, -0.2) is 0 Å². The molecule has 0 aromatic carbocycles. The molecule has 0 atom stereocenters. The maximum Gasteiger partial charge on any atom is 0.157 e. The van der Waals surface area contributed by atoms with Crippen LogP contribution in [0.4, 0.5) is 0 Å². The summed E-state index contributed by atoms with van der Waals surface area (Å²) in [6.07, 6.45) is 10.6. The molecule has 6 heteroatoms. The molecule has 0 amide bonds. The molecule has 0 bridgehead atoms. The van der Waals surface area contributed by atoms with Gasteiger partial charge in [-0.05, 0) is 38.5 Å². The van der Waals surface area contributed by atoms with E-state index in [4.69, 9.17) is 18.9 Å². The van der Waals surface area contributed by atoms with E-state index < -0.39 is 0 Å². The Hall–Kier alpha value is 0.274. The van der Waals surface area contributed by atoms with Gasteiger partial charge in [0.1, 0.15) is 0 Å². The highest BCUT2D eigenvalue weighted by molar-refractivity contribution is 6.37. The van der Waals surface area contributed by atoms with Crippen molar-refractivity contribution in [1.29, 1.82) is 0 Å². The first-order valence-electron chi connectivity index (χ1n) is 12.7. The third kappa shape index (κ3) is 21.3. The van der Waals surface area contributed by atoms with E-state index >= 15 is 0 Å². The van der Waals surface area contributed by atoms with Gasteiger partial charge < -0.3 is 18.9 Å². The molecule has 0 radical (unpaired) electrons. The maximum absolute atomic E-state index is 5.82. The monoisotopic (exact) mass is 448 g/mol. The Morgan fingerprint density at radius 1 is 0.483 bits per heavy atom. The fraction of sp³-hybridized carbons (Fsp3) is 1.00. The summed E-state index contributed by atoms with van der Waals surface area (Å²) in [5, 5.41) is 0. The van der Waals surface area contributed by atoms with Crippen LogP contribution < -0.4 is 0 Å². The quantitative estimate of drug-likeness (QED) is 0.114. The van der Waals surface area contributed by atoms with E-state index in [1.807, 2.05) is 0 Å². The lowest BCUT2D eigenvalue weighted by molar-refractivity contribution is -0.146. The number of hydrogen-bond acceptors (Lipinski definition) is 4. The van der Waals surface area contributed by atoms with Crippen molar-refractivity contribution in [3.63, 3.8) is 0 Å². The van der Waals surface area contributed by atoms with Crippen LogP contribution in [0.3, 0.4) is 0 Å². The van der Waals surface area contributed by atoms with E-state index in [-0.39, 0.29) is 31.6 Å². The standard InChI is InChI=1S/C23H52O4Si2/c1-5-14-24-22(25-15-6-2)12-9-18-28-20-11-21-29-19-10-13-23(26-16-7-3)27-17-8-4/h22-23H,5-21,28-29H2,1-4H3. The summed E-state index contributed by atoms with van der Waals surface area (Å²) < 4.78 is 23.3. The second kappa shape index (κ2) is 24.5.